The smallest absolute Gasteiger partial charge is 0.337 e. The molecule has 0 spiro atoms. The molecule has 0 unspecified atom stereocenters. The minimum atomic E-state index is -1.30. The van der Waals surface area contributed by atoms with E-state index in [2.05, 4.69) is 0 Å². The summed E-state index contributed by atoms with van der Waals surface area (Å²) in [7, 11) is 0. The van der Waals surface area contributed by atoms with Crippen LogP contribution >= 0.6 is 11.6 Å². The summed E-state index contributed by atoms with van der Waals surface area (Å²) in [4.78, 5) is 47.1. The first-order chi connectivity index (χ1) is 10.8. The summed E-state index contributed by atoms with van der Waals surface area (Å²) in [6, 6.07) is 4.73. The number of pyridine rings is 1. The number of imide groups is 1. The van der Waals surface area contributed by atoms with Crippen molar-refractivity contribution in [3.8, 4) is 5.69 Å². The van der Waals surface area contributed by atoms with Crippen LogP contribution in [0.15, 0.2) is 29.1 Å². The molecule has 116 valence electrons. The van der Waals surface area contributed by atoms with E-state index in [1.165, 1.54) is 18.2 Å². The Morgan fingerprint density at radius 1 is 1.17 bits per heavy atom. The molecule has 1 aromatic heterocycles. The molecule has 1 aliphatic rings. The molecular weight excluding hydrogens is 326 g/mol. The Balaban J connectivity index is 2.40. The third-order valence-corrected chi connectivity index (χ3v) is 3.62. The number of amides is 2. The number of carboxylic acid groups (broad SMARTS) is 1. The van der Waals surface area contributed by atoms with E-state index in [9.17, 15) is 24.3 Å². The molecule has 0 bridgehead atoms. The minimum absolute atomic E-state index is 0.0950. The van der Waals surface area contributed by atoms with E-state index < -0.39 is 23.3 Å². The van der Waals surface area contributed by atoms with Crippen LogP contribution in [0.4, 0.5) is 5.82 Å². The Hall–Kier alpha value is -3.13. The molecule has 1 aliphatic heterocycles. The Labute approximate surface area is 133 Å². The number of nitrogen functional groups attached to an aromatic ring is 1. The number of anilines is 1. The molecule has 8 nitrogen and oxygen atoms in total. The number of hydrogen-bond acceptors (Lipinski definition) is 5. The standard InChI is InChI=1S/C14H8ClN3O5/c15-5-1-2-6(14(22)23)8(3-5)18-9(19)4-7-10(11(18)16)13(21)17-12(7)20/h1-4H,16H2,(H,22,23)(H,17,20,21). The topological polar surface area (TPSA) is 131 Å². The van der Waals surface area contributed by atoms with Gasteiger partial charge in [-0.3, -0.25) is 24.3 Å². The zero-order chi connectivity index (χ0) is 16.9. The number of nitrogens with two attached hydrogens (primary N) is 1. The van der Waals surface area contributed by atoms with Crippen LogP contribution in [0.3, 0.4) is 0 Å². The molecule has 0 aliphatic carbocycles. The van der Waals surface area contributed by atoms with Crippen molar-refractivity contribution in [3.05, 3.63) is 56.3 Å². The highest BCUT2D eigenvalue weighted by Crippen LogP contribution is 2.26. The van der Waals surface area contributed by atoms with E-state index in [0.29, 0.717) is 0 Å². The van der Waals surface area contributed by atoms with Crippen molar-refractivity contribution >= 4 is 35.2 Å². The number of carbonyl (C=O) groups is 3. The largest absolute Gasteiger partial charge is 0.478 e. The molecule has 0 saturated carbocycles. The van der Waals surface area contributed by atoms with Crippen molar-refractivity contribution in [2.75, 3.05) is 5.73 Å². The Morgan fingerprint density at radius 3 is 2.52 bits per heavy atom. The number of carboxylic acids is 1. The number of benzene rings is 1. The van der Waals surface area contributed by atoms with Crippen molar-refractivity contribution in [3.63, 3.8) is 0 Å². The molecule has 2 aromatic rings. The molecule has 0 radical (unpaired) electrons. The van der Waals surface area contributed by atoms with Gasteiger partial charge in [-0.2, -0.15) is 0 Å². The zero-order valence-electron chi connectivity index (χ0n) is 11.3. The lowest BCUT2D eigenvalue weighted by Crippen LogP contribution is -2.25. The molecule has 3 rings (SSSR count). The van der Waals surface area contributed by atoms with E-state index >= 15 is 0 Å². The van der Waals surface area contributed by atoms with E-state index in [1.807, 2.05) is 5.32 Å². The maximum absolute atomic E-state index is 12.3. The number of rotatable bonds is 2. The van der Waals surface area contributed by atoms with Crippen molar-refractivity contribution in [1.82, 2.24) is 9.88 Å². The number of nitrogens with one attached hydrogen (secondary N) is 1. The van der Waals surface area contributed by atoms with Crippen LogP contribution in [0.2, 0.25) is 5.02 Å². The van der Waals surface area contributed by atoms with E-state index in [1.54, 1.807) is 0 Å². The molecule has 0 saturated heterocycles. The van der Waals surface area contributed by atoms with Gasteiger partial charge < -0.3 is 10.8 Å². The number of fused-ring (bicyclic) bond motifs is 1. The van der Waals surface area contributed by atoms with Gasteiger partial charge in [0.05, 0.1) is 22.4 Å². The van der Waals surface area contributed by atoms with Gasteiger partial charge in [0.25, 0.3) is 17.4 Å². The van der Waals surface area contributed by atoms with Gasteiger partial charge in [0, 0.05) is 11.1 Å². The first-order valence-electron chi connectivity index (χ1n) is 6.25. The van der Waals surface area contributed by atoms with Crippen LogP contribution < -0.4 is 16.6 Å². The van der Waals surface area contributed by atoms with E-state index in [4.69, 9.17) is 17.3 Å². The number of halogens is 1. The van der Waals surface area contributed by atoms with Gasteiger partial charge in [0.2, 0.25) is 0 Å². The van der Waals surface area contributed by atoms with Gasteiger partial charge in [0.1, 0.15) is 5.82 Å². The predicted octanol–water partition coefficient (Wildman–Crippen LogP) is 0.655. The zero-order valence-corrected chi connectivity index (χ0v) is 12.0. The summed E-state index contributed by atoms with van der Waals surface area (Å²) < 4.78 is 0.840. The lowest BCUT2D eigenvalue weighted by atomic mass is 10.1. The third kappa shape index (κ3) is 2.16. The van der Waals surface area contributed by atoms with Gasteiger partial charge in [0.15, 0.2) is 0 Å². The van der Waals surface area contributed by atoms with Crippen LogP contribution in [0.25, 0.3) is 5.69 Å². The average Bonchev–Trinajstić information content (AvgIpc) is 2.73. The number of carbonyl (C=O) groups excluding carboxylic acids is 2. The Morgan fingerprint density at radius 2 is 1.87 bits per heavy atom. The SMILES string of the molecule is Nc1c2c(cc(=O)n1-c1cc(Cl)ccc1C(=O)O)C(=O)NC2=O. The van der Waals surface area contributed by atoms with Crippen molar-refractivity contribution in [2.24, 2.45) is 0 Å². The van der Waals surface area contributed by atoms with Gasteiger partial charge >= 0.3 is 5.97 Å². The monoisotopic (exact) mass is 333 g/mol. The fourth-order valence-electron chi connectivity index (χ4n) is 2.40. The van der Waals surface area contributed by atoms with Crippen LogP contribution in [0, 0.1) is 0 Å². The number of hydrogen-bond donors (Lipinski definition) is 3. The lowest BCUT2D eigenvalue weighted by Gasteiger charge is -2.14. The number of aromatic carboxylic acids is 1. The van der Waals surface area contributed by atoms with Crippen LogP contribution in [0.5, 0.6) is 0 Å². The Kier molecular flexibility index (Phi) is 3.19. The molecule has 0 atom stereocenters. The van der Waals surface area contributed by atoms with Gasteiger partial charge in [-0.25, -0.2) is 4.79 Å². The maximum atomic E-state index is 12.3. The number of aromatic nitrogens is 1. The Bertz CT molecular complexity index is 964. The average molecular weight is 334 g/mol. The second-order valence-corrected chi connectivity index (χ2v) is 5.18. The van der Waals surface area contributed by atoms with Crippen molar-refractivity contribution in [1.29, 1.82) is 0 Å². The molecule has 2 heterocycles. The normalized spacial score (nSPS) is 12.9. The molecule has 1 aromatic carbocycles. The molecule has 9 heteroatoms. The summed E-state index contributed by atoms with van der Waals surface area (Å²) in [5.41, 5.74) is 4.45. The highest BCUT2D eigenvalue weighted by Gasteiger charge is 2.32. The summed E-state index contributed by atoms with van der Waals surface area (Å²) in [5, 5.41) is 11.5. The van der Waals surface area contributed by atoms with Crippen LogP contribution in [0.1, 0.15) is 31.1 Å². The van der Waals surface area contributed by atoms with Crippen molar-refractivity contribution < 1.29 is 19.5 Å². The summed E-state index contributed by atoms with van der Waals surface area (Å²) in [6.07, 6.45) is 0. The van der Waals surface area contributed by atoms with Gasteiger partial charge in [-0.1, -0.05) is 11.6 Å². The lowest BCUT2D eigenvalue weighted by molar-refractivity contribution is 0.0696. The summed E-state index contributed by atoms with van der Waals surface area (Å²) >= 11 is 5.86. The summed E-state index contributed by atoms with van der Waals surface area (Å²) in [5.74, 6) is -3.12. The predicted molar refractivity (Wildman–Crippen MR) is 80.2 cm³/mol. The maximum Gasteiger partial charge on any atom is 0.337 e. The minimum Gasteiger partial charge on any atom is -0.478 e. The van der Waals surface area contributed by atoms with Crippen LogP contribution in [-0.2, 0) is 0 Å². The van der Waals surface area contributed by atoms with Crippen molar-refractivity contribution in [2.45, 2.75) is 0 Å². The fraction of sp³-hybridized carbons (Fsp3) is 0. The molecular formula is C14H8ClN3O5. The first-order valence-corrected chi connectivity index (χ1v) is 6.63. The molecule has 4 N–H and O–H groups in total. The van der Waals surface area contributed by atoms with E-state index in [0.717, 1.165) is 10.6 Å². The van der Waals surface area contributed by atoms with Crippen LogP contribution in [-0.4, -0.2) is 27.5 Å². The molecule has 2 amide bonds. The second kappa shape index (κ2) is 4.96. The van der Waals surface area contributed by atoms with E-state index in [-0.39, 0.29) is 33.2 Å². The highest BCUT2D eigenvalue weighted by atomic mass is 35.5. The fourth-order valence-corrected chi connectivity index (χ4v) is 2.56. The second-order valence-electron chi connectivity index (χ2n) is 4.74. The molecule has 23 heavy (non-hydrogen) atoms. The van der Waals surface area contributed by atoms with Gasteiger partial charge in [-0.15, -0.1) is 0 Å². The molecule has 0 fully saturated rings. The number of nitrogens with zero attached hydrogens (tertiary/aromatic N) is 1. The third-order valence-electron chi connectivity index (χ3n) is 3.38. The first kappa shape index (κ1) is 14.8. The quantitative estimate of drug-likeness (QED) is 0.691. The summed E-state index contributed by atoms with van der Waals surface area (Å²) in [6.45, 7) is 0. The highest BCUT2D eigenvalue weighted by molar-refractivity contribution is 6.31. The van der Waals surface area contributed by atoms with Gasteiger partial charge in [-0.05, 0) is 18.2 Å².